The highest BCUT2D eigenvalue weighted by atomic mass is 16.1. The Balaban J connectivity index is 1.93. The molecule has 3 N–H and O–H groups in total. The summed E-state index contributed by atoms with van der Waals surface area (Å²) in [7, 11) is 0. The Kier molecular flexibility index (Phi) is 3.56. The molecule has 0 aliphatic carbocycles. The number of primary amides is 1. The third kappa shape index (κ3) is 2.87. The average Bonchev–Trinajstić information content (AvgIpc) is 2.53. The molecule has 0 fully saturated rings. The number of nitrogens with one attached hydrogen (secondary N) is 1. The molecule has 3 rings (SSSR count). The molecule has 0 saturated heterocycles. The van der Waals surface area contributed by atoms with Crippen LogP contribution in [0, 0.1) is 0 Å². The fourth-order valence-corrected chi connectivity index (χ4v) is 2.41. The van der Waals surface area contributed by atoms with Gasteiger partial charge in [0.2, 0.25) is 5.91 Å². The van der Waals surface area contributed by atoms with Crippen LogP contribution in [0.25, 0.3) is 10.8 Å². The molecule has 3 aromatic rings. The summed E-state index contributed by atoms with van der Waals surface area (Å²) >= 11 is 0. The van der Waals surface area contributed by atoms with Gasteiger partial charge in [0.05, 0.1) is 0 Å². The normalized spacial score (nSPS) is 12.0. The van der Waals surface area contributed by atoms with E-state index in [0.717, 1.165) is 16.6 Å². The van der Waals surface area contributed by atoms with E-state index in [1.807, 2.05) is 66.7 Å². The molecule has 3 nitrogen and oxygen atoms in total. The van der Waals surface area contributed by atoms with Gasteiger partial charge in [-0.15, -0.1) is 0 Å². The van der Waals surface area contributed by atoms with E-state index in [9.17, 15) is 4.79 Å². The van der Waals surface area contributed by atoms with Gasteiger partial charge in [-0.25, -0.2) is 0 Å². The first-order valence-electron chi connectivity index (χ1n) is 6.83. The number of anilines is 1. The number of carbonyl (C=O) groups excluding carboxylic acids is 1. The monoisotopic (exact) mass is 276 g/mol. The molecule has 0 aliphatic rings. The molecule has 0 heterocycles. The number of hydrogen-bond acceptors (Lipinski definition) is 2. The fraction of sp³-hybridized carbons (Fsp3) is 0.0556. The van der Waals surface area contributed by atoms with Crippen LogP contribution in [-0.4, -0.2) is 5.91 Å². The van der Waals surface area contributed by atoms with Gasteiger partial charge in [0.1, 0.15) is 6.04 Å². The van der Waals surface area contributed by atoms with Gasteiger partial charge in [-0.2, -0.15) is 0 Å². The minimum absolute atomic E-state index is 0.394. The number of fused-ring (bicyclic) bond motifs is 1. The smallest absolute Gasteiger partial charge is 0.244 e. The first-order valence-corrected chi connectivity index (χ1v) is 6.83. The number of hydrogen-bond donors (Lipinski definition) is 2. The summed E-state index contributed by atoms with van der Waals surface area (Å²) in [6.07, 6.45) is 0. The second kappa shape index (κ2) is 5.67. The van der Waals surface area contributed by atoms with E-state index in [1.165, 1.54) is 5.39 Å². The van der Waals surface area contributed by atoms with Crippen molar-refractivity contribution in [2.24, 2.45) is 5.73 Å². The van der Waals surface area contributed by atoms with Crippen molar-refractivity contribution < 1.29 is 4.79 Å². The Hall–Kier alpha value is -2.81. The highest BCUT2D eigenvalue weighted by molar-refractivity contribution is 5.88. The van der Waals surface area contributed by atoms with Crippen molar-refractivity contribution in [2.45, 2.75) is 6.04 Å². The lowest BCUT2D eigenvalue weighted by Crippen LogP contribution is -2.27. The van der Waals surface area contributed by atoms with Crippen molar-refractivity contribution in [2.75, 3.05) is 5.32 Å². The molecular weight excluding hydrogens is 260 g/mol. The summed E-state index contributed by atoms with van der Waals surface area (Å²) in [4.78, 5) is 11.7. The Labute approximate surface area is 123 Å². The molecular formula is C18H16N2O. The van der Waals surface area contributed by atoms with Crippen LogP contribution in [0.1, 0.15) is 11.6 Å². The lowest BCUT2D eigenvalue weighted by Gasteiger charge is -2.17. The lowest BCUT2D eigenvalue weighted by atomic mass is 10.1. The topological polar surface area (TPSA) is 55.1 Å². The van der Waals surface area contributed by atoms with Crippen LogP contribution < -0.4 is 11.1 Å². The van der Waals surface area contributed by atoms with E-state index in [-0.39, 0.29) is 0 Å². The van der Waals surface area contributed by atoms with Crippen LogP contribution >= 0.6 is 0 Å². The Bertz CT molecular complexity index is 768. The van der Waals surface area contributed by atoms with Crippen LogP contribution in [0.4, 0.5) is 5.69 Å². The second-order valence-corrected chi connectivity index (χ2v) is 4.95. The van der Waals surface area contributed by atoms with Crippen molar-refractivity contribution in [1.29, 1.82) is 0 Å². The van der Waals surface area contributed by atoms with Crippen molar-refractivity contribution in [1.82, 2.24) is 0 Å². The average molecular weight is 276 g/mol. The van der Waals surface area contributed by atoms with Crippen molar-refractivity contribution in [3.8, 4) is 0 Å². The van der Waals surface area contributed by atoms with Crippen molar-refractivity contribution >= 4 is 22.4 Å². The Morgan fingerprint density at radius 3 is 2.24 bits per heavy atom. The maximum Gasteiger partial charge on any atom is 0.244 e. The van der Waals surface area contributed by atoms with Gasteiger partial charge in [0.25, 0.3) is 0 Å². The molecule has 0 spiro atoms. The molecule has 0 aliphatic heterocycles. The Morgan fingerprint density at radius 1 is 0.857 bits per heavy atom. The standard InChI is InChI=1S/C18H16N2O/c19-18(21)17(14-7-2-1-3-8-14)20-16-11-10-13-6-4-5-9-15(13)12-16/h1-12,17,20H,(H2,19,21). The fourth-order valence-electron chi connectivity index (χ4n) is 2.41. The summed E-state index contributed by atoms with van der Waals surface area (Å²) in [5.74, 6) is -0.394. The van der Waals surface area contributed by atoms with Gasteiger partial charge in [-0.3, -0.25) is 4.79 Å². The van der Waals surface area contributed by atoms with E-state index in [4.69, 9.17) is 5.73 Å². The molecule has 21 heavy (non-hydrogen) atoms. The molecule has 104 valence electrons. The molecule has 1 amide bonds. The van der Waals surface area contributed by atoms with Crippen LogP contribution in [-0.2, 0) is 4.79 Å². The van der Waals surface area contributed by atoms with Crippen molar-refractivity contribution in [3.63, 3.8) is 0 Å². The quantitative estimate of drug-likeness (QED) is 0.766. The predicted molar refractivity (Wildman–Crippen MR) is 85.9 cm³/mol. The summed E-state index contributed by atoms with van der Waals surface area (Å²) in [6, 6.07) is 23.1. The minimum atomic E-state index is -0.535. The molecule has 3 aromatic carbocycles. The molecule has 0 bridgehead atoms. The van der Waals surface area contributed by atoms with E-state index in [2.05, 4.69) is 11.4 Å². The zero-order chi connectivity index (χ0) is 14.7. The number of nitrogens with two attached hydrogens (primary N) is 1. The third-order valence-corrected chi connectivity index (χ3v) is 3.48. The van der Waals surface area contributed by atoms with E-state index >= 15 is 0 Å². The molecule has 1 atom stereocenters. The van der Waals surface area contributed by atoms with E-state index in [1.54, 1.807) is 0 Å². The maximum atomic E-state index is 11.7. The molecule has 0 radical (unpaired) electrons. The molecule has 1 unspecified atom stereocenters. The molecule has 0 saturated carbocycles. The third-order valence-electron chi connectivity index (χ3n) is 3.48. The van der Waals surface area contributed by atoms with Gasteiger partial charge in [0, 0.05) is 5.69 Å². The van der Waals surface area contributed by atoms with Gasteiger partial charge >= 0.3 is 0 Å². The zero-order valence-corrected chi connectivity index (χ0v) is 11.5. The Morgan fingerprint density at radius 2 is 1.52 bits per heavy atom. The summed E-state index contributed by atoms with van der Waals surface area (Å²) in [5, 5.41) is 5.50. The lowest BCUT2D eigenvalue weighted by molar-refractivity contribution is -0.118. The highest BCUT2D eigenvalue weighted by Gasteiger charge is 2.17. The van der Waals surface area contributed by atoms with Gasteiger partial charge in [0.15, 0.2) is 0 Å². The van der Waals surface area contributed by atoms with Crippen molar-refractivity contribution in [3.05, 3.63) is 78.4 Å². The number of rotatable bonds is 4. The van der Waals surface area contributed by atoms with Crippen LogP contribution in [0.5, 0.6) is 0 Å². The minimum Gasteiger partial charge on any atom is -0.370 e. The van der Waals surface area contributed by atoms with Gasteiger partial charge < -0.3 is 11.1 Å². The number of amides is 1. The van der Waals surface area contributed by atoms with Crippen LogP contribution in [0.2, 0.25) is 0 Å². The number of carbonyl (C=O) groups is 1. The first-order chi connectivity index (χ1) is 10.2. The molecule has 0 aromatic heterocycles. The van der Waals surface area contributed by atoms with Gasteiger partial charge in [-0.1, -0.05) is 60.7 Å². The van der Waals surface area contributed by atoms with Crippen LogP contribution in [0.3, 0.4) is 0 Å². The SMILES string of the molecule is NC(=O)C(Nc1ccc2ccccc2c1)c1ccccc1. The highest BCUT2D eigenvalue weighted by Crippen LogP contribution is 2.23. The second-order valence-electron chi connectivity index (χ2n) is 4.95. The summed E-state index contributed by atoms with van der Waals surface area (Å²) < 4.78 is 0. The summed E-state index contributed by atoms with van der Waals surface area (Å²) in [5.41, 5.74) is 7.26. The predicted octanol–water partition coefficient (Wildman–Crippen LogP) is 3.48. The largest absolute Gasteiger partial charge is 0.370 e. The van der Waals surface area contributed by atoms with E-state index in [0.29, 0.717) is 0 Å². The zero-order valence-electron chi connectivity index (χ0n) is 11.5. The van der Waals surface area contributed by atoms with E-state index < -0.39 is 11.9 Å². The summed E-state index contributed by atoms with van der Waals surface area (Å²) in [6.45, 7) is 0. The first kappa shape index (κ1) is 13.2. The van der Waals surface area contributed by atoms with Crippen LogP contribution in [0.15, 0.2) is 72.8 Å². The molecule has 3 heteroatoms. The maximum absolute atomic E-state index is 11.7. The van der Waals surface area contributed by atoms with Gasteiger partial charge in [-0.05, 0) is 28.5 Å². The number of benzene rings is 3.